The van der Waals surface area contributed by atoms with Crippen LogP contribution in [0.15, 0.2) is 12.1 Å². The van der Waals surface area contributed by atoms with Crippen LogP contribution in [0.5, 0.6) is 11.5 Å². The first-order valence-corrected chi connectivity index (χ1v) is 7.92. The lowest BCUT2D eigenvalue weighted by Crippen LogP contribution is -2.37. The van der Waals surface area contributed by atoms with E-state index in [1.807, 2.05) is 12.1 Å². The molecule has 1 unspecified atom stereocenters. The fourth-order valence-corrected chi connectivity index (χ4v) is 3.17. The lowest BCUT2D eigenvalue weighted by Gasteiger charge is -2.23. The number of halogens is 1. The molecular formula is C16H25ClN2O2. The molecule has 21 heavy (non-hydrogen) atoms. The average Bonchev–Trinajstić information content (AvgIpc) is 2.95. The quantitative estimate of drug-likeness (QED) is 0.839. The number of nitrogens with one attached hydrogen (secondary N) is 1. The summed E-state index contributed by atoms with van der Waals surface area (Å²) in [5.74, 6) is 1.38. The summed E-state index contributed by atoms with van der Waals surface area (Å²) >= 11 is 6.30. The molecule has 1 atom stereocenters. The van der Waals surface area contributed by atoms with Crippen LogP contribution >= 0.6 is 11.6 Å². The highest BCUT2D eigenvalue weighted by molar-refractivity contribution is 6.31. The van der Waals surface area contributed by atoms with E-state index in [0.717, 1.165) is 30.9 Å². The predicted molar refractivity (Wildman–Crippen MR) is 86.5 cm³/mol. The zero-order chi connectivity index (χ0) is 15.2. The van der Waals surface area contributed by atoms with E-state index >= 15 is 0 Å². The minimum atomic E-state index is 0.647. The molecule has 4 nitrogen and oxygen atoms in total. The Labute approximate surface area is 132 Å². The highest BCUT2D eigenvalue weighted by Crippen LogP contribution is 2.33. The van der Waals surface area contributed by atoms with Gasteiger partial charge in [-0.1, -0.05) is 18.5 Å². The Morgan fingerprint density at radius 3 is 2.67 bits per heavy atom. The molecule has 118 valence electrons. The highest BCUT2D eigenvalue weighted by atomic mass is 35.5. The fraction of sp³-hybridized carbons (Fsp3) is 0.625. The molecule has 1 aliphatic heterocycles. The Bertz CT molecular complexity index is 468. The maximum atomic E-state index is 6.30. The van der Waals surface area contributed by atoms with Gasteiger partial charge in [0.15, 0.2) is 11.5 Å². The Morgan fingerprint density at radius 2 is 2.00 bits per heavy atom. The molecule has 0 saturated carbocycles. The number of benzene rings is 1. The normalized spacial score (nSPS) is 19.0. The predicted octanol–water partition coefficient (Wildman–Crippen LogP) is 2.93. The number of likely N-dealkylation sites (tertiary alicyclic amines) is 1. The number of methoxy groups -OCH3 is 2. The topological polar surface area (TPSA) is 33.7 Å². The highest BCUT2D eigenvalue weighted by Gasteiger charge is 2.22. The molecule has 0 radical (unpaired) electrons. The largest absolute Gasteiger partial charge is 0.493 e. The first kappa shape index (κ1) is 16.4. The maximum Gasteiger partial charge on any atom is 0.162 e. The number of rotatable bonds is 7. The van der Waals surface area contributed by atoms with Crippen molar-refractivity contribution in [2.75, 3.05) is 33.9 Å². The van der Waals surface area contributed by atoms with Gasteiger partial charge in [-0.3, -0.25) is 4.90 Å². The van der Waals surface area contributed by atoms with Crippen LogP contribution in [0, 0.1) is 0 Å². The van der Waals surface area contributed by atoms with Crippen molar-refractivity contribution in [3.8, 4) is 11.5 Å². The first-order chi connectivity index (χ1) is 10.2. The molecular weight excluding hydrogens is 288 g/mol. The van der Waals surface area contributed by atoms with Gasteiger partial charge in [-0.05, 0) is 37.6 Å². The number of likely N-dealkylation sites (N-methyl/N-ethyl adjacent to an activating group) is 1. The van der Waals surface area contributed by atoms with Crippen LogP contribution in [0.3, 0.4) is 0 Å². The summed E-state index contributed by atoms with van der Waals surface area (Å²) in [5, 5.41) is 4.22. The third kappa shape index (κ3) is 4.02. The summed E-state index contributed by atoms with van der Waals surface area (Å²) in [4.78, 5) is 2.53. The molecule has 0 amide bonds. The van der Waals surface area contributed by atoms with Crippen molar-refractivity contribution >= 4 is 11.6 Å². The van der Waals surface area contributed by atoms with Crippen molar-refractivity contribution in [2.24, 2.45) is 0 Å². The van der Waals surface area contributed by atoms with Gasteiger partial charge in [0.05, 0.1) is 14.2 Å². The van der Waals surface area contributed by atoms with Gasteiger partial charge in [0.25, 0.3) is 0 Å². The molecule has 0 bridgehead atoms. The molecule has 1 aromatic carbocycles. The number of hydrogen-bond acceptors (Lipinski definition) is 4. The van der Waals surface area contributed by atoms with E-state index in [4.69, 9.17) is 21.1 Å². The van der Waals surface area contributed by atoms with Gasteiger partial charge in [0, 0.05) is 30.2 Å². The molecule has 1 saturated heterocycles. The van der Waals surface area contributed by atoms with Gasteiger partial charge >= 0.3 is 0 Å². The Balaban J connectivity index is 1.93. The van der Waals surface area contributed by atoms with Gasteiger partial charge in [0.2, 0.25) is 0 Å². The van der Waals surface area contributed by atoms with Crippen molar-refractivity contribution < 1.29 is 9.47 Å². The standard InChI is InChI=1S/C16H25ClN2O2/c1-4-19-7-5-6-13(19)11-18-10-12-8-15(20-2)16(21-3)9-14(12)17/h8-9,13,18H,4-7,10-11H2,1-3H3. The lowest BCUT2D eigenvalue weighted by atomic mass is 10.1. The zero-order valence-electron chi connectivity index (χ0n) is 13.1. The molecule has 1 N–H and O–H groups in total. The Kier molecular flexibility index (Phi) is 6.15. The lowest BCUT2D eigenvalue weighted by molar-refractivity contribution is 0.260. The molecule has 0 aliphatic carbocycles. The van der Waals surface area contributed by atoms with Crippen LogP contribution in [0.1, 0.15) is 25.3 Å². The van der Waals surface area contributed by atoms with Crippen LogP contribution in [-0.2, 0) is 6.54 Å². The van der Waals surface area contributed by atoms with E-state index in [9.17, 15) is 0 Å². The summed E-state index contributed by atoms with van der Waals surface area (Å²) < 4.78 is 10.6. The van der Waals surface area contributed by atoms with Gasteiger partial charge in [-0.2, -0.15) is 0 Å². The summed E-state index contributed by atoms with van der Waals surface area (Å²) in [7, 11) is 3.26. The number of hydrogen-bond donors (Lipinski definition) is 1. The van der Waals surface area contributed by atoms with Gasteiger partial charge in [-0.15, -0.1) is 0 Å². The van der Waals surface area contributed by atoms with Crippen molar-refractivity contribution in [2.45, 2.75) is 32.4 Å². The molecule has 1 fully saturated rings. The smallest absolute Gasteiger partial charge is 0.162 e. The second-order valence-corrected chi connectivity index (χ2v) is 5.76. The van der Waals surface area contributed by atoms with E-state index in [0.29, 0.717) is 16.8 Å². The van der Waals surface area contributed by atoms with Gasteiger partial charge in [0.1, 0.15) is 0 Å². The summed E-state index contributed by atoms with van der Waals surface area (Å²) in [6, 6.07) is 4.40. The number of ether oxygens (including phenoxy) is 2. The summed E-state index contributed by atoms with van der Waals surface area (Å²) in [6.07, 6.45) is 2.58. The minimum absolute atomic E-state index is 0.647. The van der Waals surface area contributed by atoms with E-state index in [1.54, 1.807) is 14.2 Å². The SMILES string of the molecule is CCN1CCCC1CNCc1cc(OC)c(OC)cc1Cl. The van der Waals surface area contributed by atoms with E-state index < -0.39 is 0 Å². The van der Waals surface area contributed by atoms with Crippen molar-refractivity contribution in [3.63, 3.8) is 0 Å². The second-order valence-electron chi connectivity index (χ2n) is 5.35. The van der Waals surface area contributed by atoms with Crippen LogP contribution in [0.25, 0.3) is 0 Å². The number of nitrogens with zero attached hydrogens (tertiary/aromatic N) is 1. The molecule has 5 heteroatoms. The summed E-state index contributed by atoms with van der Waals surface area (Å²) in [5.41, 5.74) is 1.04. The minimum Gasteiger partial charge on any atom is -0.493 e. The van der Waals surface area contributed by atoms with Crippen molar-refractivity contribution in [1.82, 2.24) is 10.2 Å². The third-order valence-electron chi connectivity index (χ3n) is 4.15. The molecule has 1 aromatic rings. The van der Waals surface area contributed by atoms with Gasteiger partial charge < -0.3 is 14.8 Å². The molecule has 0 aromatic heterocycles. The Hall–Kier alpha value is -0.970. The fourth-order valence-electron chi connectivity index (χ4n) is 2.95. The first-order valence-electron chi connectivity index (χ1n) is 7.54. The van der Waals surface area contributed by atoms with Crippen LogP contribution in [0.2, 0.25) is 5.02 Å². The average molecular weight is 313 g/mol. The molecule has 2 rings (SSSR count). The van der Waals surface area contributed by atoms with E-state index in [-0.39, 0.29) is 0 Å². The van der Waals surface area contributed by atoms with Crippen molar-refractivity contribution in [3.05, 3.63) is 22.7 Å². The molecule has 0 spiro atoms. The maximum absolute atomic E-state index is 6.30. The summed E-state index contributed by atoms with van der Waals surface area (Å²) in [6.45, 7) is 6.32. The molecule has 1 aliphatic rings. The van der Waals surface area contributed by atoms with Crippen LogP contribution in [0.4, 0.5) is 0 Å². The monoisotopic (exact) mass is 312 g/mol. The molecule has 1 heterocycles. The zero-order valence-corrected chi connectivity index (χ0v) is 13.9. The van der Waals surface area contributed by atoms with Crippen LogP contribution < -0.4 is 14.8 Å². The van der Waals surface area contributed by atoms with Crippen LogP contribution in [-0.4, -0.2) is 44.8 Å². The second kappa shape index (κ2) is 7.87. The van der Waals surface area contributed by atoms with Crippen molar-refractivity contribution in [1.29, 1.82) is 0 Å². The Morgan fingerprint density at radius 1 is 1.29 bits per heavy atom. The van der Waals surface area contributed by atoms with Gasteiger partial charge in [-0.25, -0.2) is 0 Å². The van der Waals surface area contributed by atoms with E-state index in [1.165, 1.54) is 19.4 Å². The third-order valence-corrected chi connectivity index (χ3v) is 4.51. The van der Waals surface area contributed by atoms with E-state index in [2.05, 4.69) is 17.1 Å².